The van der Waals surface area contributed by atoms with E-state index < -0.39 is 5.82 Å². The molecule has 1 heterocycles. The van der Waals surface area contributed by atoms with Gasteiger partial charge in [-0.2, -0.15) is 0 Å². The number of nitrogens with one attached hydrogen (secondary N) is 1. The first kappa shape index (κ1) is 12.8. The summed E-state index contributed by atoms with van der Waals surface area (Å²) in [5.41, 5.74) is 0.602. The minimum atomic E-state index is -0.470. The standard InChI is InChI=1S/C15H17FN2/c16-14-10-9-13(18-15(14)11-17)8-4-7-12-5-2-1-3-6-12/h9-12,17H,1-3,5-7H2. The molecule has 0 saturated heterocycles. The molecule has 2 nitrogen and oxygen atoms in total. The smallest absolute Gasteiger partial charge is 0.150 e. The van der Waals surface area contributed by atoms with E-state index in [1.807, 2.05) is 0 Å². The van der Waals surface area contributed by atoms with E-state index in [4.69, 9.17) is 5.41 Å². The van der Waals surface area contributed by atoms with E-state index in [1.165, 1.54) is 38.2 Å². The van der Waals surface area contributed by atoms with Crippen LogP contribution < -0.4 is 0 Å². The van der Waals surface area contributed by atoms with Crippen molar-refractivity contribution in [1.29, 1.82) is 5.41 Å². The quantitative estimate of drug-likeness (QED) is 0.627. The summed E-state index contributed by atoms with van der Waals surface area (Å²) in [6.45, 7) is 0. The summed E-state index contributed by atoms with van der Waals surface area (Å²) in [6.07, 6.45) is 8.36. The van der Waals surface area contributed by atoms with E-state index in [9.17, 15) is 4.39 Å². The van der Waals surface area contributed by atoms with Crippen LogP contribution in [0.1, 0.15) is 49.9 Å². The number of nitrogens with zero attached hydrogens (tertiary/aromatic N) is 1. The van der Waals surface area contributed by atoms with Crippen LogP contribution in [0.25, 0.3) is 0 Å². The van der Waals surface area contributed by atoms with Gasteiger partial charge in [-0.25, -0.2) is 9.37 Å². The first-order valence-corrected chi connectivity index (χ1v) is 6.45. The fraction of sp³-hybridized carbons (Fsp3) is 0.467. The van der Waals surface area contributed by atoms with Crippen LogP contribution in [-0.2, 0) is 0 Å². The van der Waals surface area contributed by atoms with Gasteiger partial charge in [0.25, 0.3) is 0 Å². The molecule has 2 rings (SSSR count). The number of hydrogen-bond acceptors (Lipinski definition) is 2. The molecule has 1 N–H and O–H groups in total. The predicted octanol–water partition coefficient (Wildman–Crippen LogP) is 3.54. The summed E-state index contributed by atoms with van der Waals surface area (Å²) in [4.78, 5) is 3.98. The van der Waals surface area contributed by atoms with Crippen molar-refractivity contribution in [3.8, 4) is 11.8 Å². The molecule has 0 amide bonds. The van der Waals surface area contributed by atoms with Crippen LogP contribution >= 0.6 is 0 Å². The predicted molar refractivity (Wildman–Crippen MR) is 70.2 cm³/mol. The van der Waals surface area contributed by atoms with Crippen LogP contribution in [-0.4, -0.2) is 11.2 Å². The molecule has 1 aromatic rings. The van der Waals surface area contributed by atoms with Crippen LogP contribution in [0, 0.1) is 29.0 Å². The highest BCUT2D eigenvalue weighted by molar-refractivity contribution is 5.74. The van der Waals surface area contributed by atoms with Gasteiger partial charge in [0.1, 0.15) is 11.4 Å². The molecule has 0 atom stereocenters. The van der Waals surface area contributed by atoms with Crippen molar-refractivity contribution in [2.45, 2.75) is 38.5 Å². The van der Waals surface area contributed by atoms with Gasteiger partial charge in [-0.1, -0.05) is 25.2 Å². The summed E-state index contributed by atoms with van der Waals surface area (Å²) >= 11 is 0. The summed E-state index contributed by atoms with van der Waals surface area (Å²) < 4.78 is 13.1. The average molecular weight is 244 g/mol. The molecular formula is C15H17FN2. The van der Waals surface area contributed by atoms with Gasteiger partial charge in [0, 0.05) is 12.6 Å². The second-order valence-corrected chi connectivity index (χ2v) is 4.72. The minimum Gasteiger partial charge on any atom is -0.306 e. The molecule has 1 aromatic heterocycles. The topological polar surface area (TPSA) is 36.7 Å². The number of rotatable bonds is 2. The summed E-state index contributed by atoms with van der Waals surface area (Å²) in [7, 11) is 0. The van der Waals surface area contributed by atoms with Crippen molar-refractivity contribution in [2.24, 2.45) is 5.92 Å². The van der Waals surface area contributed by atoms with Crippen molar-refractivity contribution in [1.82, 2.24) is 4.98 Å². The highest BCUT2D eigenvalue weighted by Gasteiger charge is 2.11. The van der Waals surface area contributed by atoms with Crippen LogP contribution in [0.15, 0.2) is 12.1 Å². The van der Waals surface area contributed by atoms with Gasteiger partial charge in [0.05, 0.1) is 0 Å². The molecular weight excluding hydrogens is 227 g/mol. The van der Waals surface area contributed by atoms with E-state index in [1.54, 1.807) is 6.07 Å². The Morgan fingerprint density at radius 3 is 2.83 bits per heavy atom. The van der Waals surface area contributed by atoms with Crippen molar-refractivity contribution in [2.75, 3.05) is 0 Å². The van der Waals surface area contributed by atoms with E-state index >= 15 is 0 Å². The molecule has 1 saturated carbocycles. The first-order chi connectivity index (χ1) is 8.79. The Balaban J connectivity index is 1.98. The molecule has 94 valence electrons. The second kappa shape index (κ2) is 6.30. The van der Waals surface area contributed by atoms with E-state index in [2.05, 4.69) is 16.8 Å². The van der Waals surface area contributed by atoms with Gasteiger partial charge in [-0.3, -0.25) is 0 Å². The zero-order valence-corrected chi connectivity index (χ0v) is 10.4. The highest BCUT2D eigenvalue weighted by atomic mass is 19.1. The summed E-state index contributed by atoms with van der Waals surface area (Å²) in [5, 5.41) is 7.04. The molecule has 0 unspecified atom stereocenters. The van der Waals surface area contributed by atoms with Crippen molar-refractivity contribution >= 4 is 6.21 Å². The lowest BCUT2D eigenvalue weighted by Gasteiger charge is -2.18. The van der Waals surface area contributed by atoms with Crippen molar-refractivity contribution < 1.29 is 4.39 Å². The van der Waals surface area contributed by atoms with Gasteiger partial charge < -0.3 is 5.41 Å². The maximum absolute atomic E-state index is 13.1. The fourth-order valence-corrected chi connectivity index (χ4v) is 2.31. The summed E-state index contributed by atoms with van der Waals surface area (Å²) in [5.74, 6) is 6.34. The van der Waals surface area contributed by atoms with E-state index in [-0.39, 0.29) is 5.69 Å². The Bertz CT molecular complexity index is 479. The molecule has 0 spiro atoms. The van der Waals surface area contributed by atoms with Gasteiger partial charge in [0.15, 0.2) is 5.82 Å². The third-order valence-corrected chi connectivity index (χ3v) is 3.34. The summed E-state index contributed by atoms with van der Waals surface area (Å²) in [6, 6.07) is 2.88. The van der Waals surface area contributed by atoms with Crippen molar-refractivity contribution in [3.63, 3.8) is 0 Å². The highest BCUT2D eigenvalue weighted by Crippen LogP contribution is 2.25. The van der Waals surface area contributed by atoms with Crippen LogP contribution in [0.2, 0.25) is 0 Å². The maximum atomic E-state index is 13.1. The lowest BCUT2D eigenvalue weighted by molar-refractivity contribution is 0.365. The number of halogens is 1. The monoisotopic (exact) mass is 244 g/mol. The first-order valence-electron chi connectivity index (χ1n) is 6.45. The number of pyridine rings is 1. The Hall–Kier alpha value is -1.69. The fourth-order valence-electron chi connectivity index (χ4n) is 2.31. The second-order valence-electron chi connectivity index (χ2n) is 4.72. The zero-order chi connectivity index (χ0) is 12.8. The third kappa shape index (κ3) is 3.40. The molecule has 1 aliphatic carbocycles. The SMILES string of the molecule is N=Cc1nc(C#CCC2CCCCC2)ccc1F. The van der Waals surface area contributed by atoms with Crippen LogP contribution in [0.5, 0.6) is 0 Å². The number of aromatic nitrogens is 1. The molecule has 0 radical (unpaired) electrons. The van der Waals surface area contributed by atoms with Gasteiger partial charge in [-0.05, 0) is 36.8 Å². The zero-order valence-electron chi connectivity index (χ0n) is 10.4. The van der Waals surface area contributed by atoms with Crippen LogP contribution in [0.4, 0.5) is 4.39 Å². The van der Waals surface area contributed by atoms with Gasteiger partial charge in [0.2, 0.25) is 0 Å². The van der Waals surface area contributed by atoms with Crippen molar-refractivity contribution in [3.05, 3.63) is 29.3 Å². The minimum absolute atomic E-state index is 0.0551. The van der Waals surface area contributed by atoms with E-state index in [0.717, 1.165) is 12.6 Å². The molecule has 0 aliphatic heterocycles. The lowest BCUT2D eigenvalue weighted by atomic mass is 9.87. The molecule has 1 fully saturated rings. The van der Waals surface area contributed by atoms with Gasteiger partial charge in [-0.15, -0.1) is 0 Å². The third-order valence-electron chi connectivity index (χ3n) is 3.34. The Morgan fingerprint density at radius 1 is 1.33 bits per heavy atom. The lowest BCUT2D eigenvalue weighted by Crippen LogP contribution is -2.04. The van der Waals surface area contributed by atoms with Gasteiger partial charge >= 0.3 is 0 Å². The Kier molecular flexibility index (Phi) is 4.46. The van der Waals surface area contributed by atoms with E-state index in [0.29, 0.717) is 11.6 Å². The molecule has 0 bridgehead atoms. The largest absolute Gasteiger partial charge is 0.306 e. The molecule has 3 heteroatoms. The average Bonchev–Trinajstić information content (AvgIpc) is 2.42. The number of hydrogen-bond donors (Lipinski definition) is 1. The molecule has 1 aliphatic rings. The van der Waals surface area contributed by atoms with Crippen LogP contribution in [0.3, 0.4) is 0 Å². The maximum Gasteiger partial charge on any atom is 0.150 e. The Morgan fingerprint density at radius 2 is 2.11 bits per heavy atom. The molecule has 18 heavy (non-hydrogen) atoms. The Labute approximate surface area is 107 Å². The normalized spacial score (nSPS) is 15.8. The molecule has 0 aromatic carbocycles.